The van der Waals surface area contributed by atoms with Crippen molar-refractivity contribution < 1.29 is 22.8 Å². The number of carbonyl (C=O) groups is 3. The monoisotopic (exact) mass is 436 g/mol. The van der Waals surface area contributed by atoms with Crippen LogP contribution in [0.1, 0.15) is 19.3 Å². The third kappa shape index (κ3) is 4.98. The predicted octanol–water partition coefficient (Wildman–Crippen LogP) is 1.68. The van der Waals surface area contributed by atoms with Gasteiger partial charge in [0, 0.05) is 43.8 Å². The predicted molar refractivity (Wildman–Crippen MR) is 110 cm³/mol. The molecule has 3 rings (SSSR count). The van der Waals surface area contributed by atoms with Crippen LogP contribution in [-0.4, -0.2) is 55.9 Å². The van der Waals surface area contributed by atoms with E-state index in [-0.39, 0.29) is 43.5 Å². The summed E-state index contributed by atoms with van der Waals surface area (Å²) in [4.78, 5) is 40.7. The maximum absolute atomic E-state index is 12.1. The summed E-state index contributed by atoms with van der Waals surface area (Å²) >= 11 is 1.25. The molecule has 2 aromatic rings. The molecular weight excluding hydrogens is 416 g/mol. The Bertz CT molecular complexity index is 1030. The molecule has 2 heterocycles. The fourth-order valence-corrected chi connectivity index (χ4v) is 4.01. The zero-order valence-corrected chi connectivity index (χ0v) is 17.5. The minimum absolute atomic E-state index is 0.0128. The number of sulfonamides is 1. The van der Waals surface area contributed by atoms with Crippen LogP contribution in [0.25, 0.3) is 11.3 Å². The highest BCUT2D eigenvalue weighted by atomic mass is 32.2. The lowest BCUT2D eigenvalue weighted by atomic mass is 10.1. The number of thiazole rings is 1. The summed E-state index contributed by atoms with van der Waals surface area (Å²) < 4.78 is 24.4. The number of aromatic nitrogens is 1. The molecule has 1 N–H and O–H groups in total. The van der Waals surface area contributed by atoms with Crippen molar-refractivity contribution >= 4 is 49.9 Å². The maximum atomic E-state index is 12.1. The van der Waals surface area contributed by atoms with Crippen LogP contribution in [0, 0.1) is 0 Å². The second-order valence-corrected chi connectivity index (χ2v) is 9.42. The van der Waals surface area contributed by atoms with Gasteiger partial charge in [0.15, 0.2) is 5.13 Å². The summed E-state index contributed by atoms with van der Waals surface area (Å²) in [6.07, 6.45) is 1.55. The minimum atomic E-state index is -3.33. The zero-order chi connectivity index (χ0) is 21.2. The molecule has 0 atom stereocenters. The van der Waals surface area contributed by atoms with Gasteiger partial charge < -0.3 is 5.32 Å². The Kier molecular flexibility index (Phi) is 5.99. The zero-order valence-electron chi connectivity index (χ0n) is 15.9. The molecule has 0 radical (unpaired) electrons. The van der Waals surface area contributed by atoms with Crippen LogP contribution < -0.4 is 9.62 Å². The quantitative estimate of drug-likeness (QED) is 0.660. The van der Waals surface area contributed by atoms with E-state index >= 15 is 0 Å². The third-order valence-electron chi connectivity index (χ3n) is 4.49. The Morgan fingerprint density at radius 1 is 1.21 bits per heavy atom. The second kappa shape index (κ2) is 8.29. The number of carbonyl (C=O) groups excluding carboxylic acids is 3. The van der Waals surface area contributed by atoms with E-state index in [9.17, 15) is 22.8 Å². The smallest absolute Gasteiger partial charge is 0.231 e. The van der Waals surface area contributed by atoms with Gasteiger partial charge in [0.25, 0.3) is 0 Å². The van der Waals surface area contributed by atoms with Crippen LogP contribution in [0.3, 0.4) is 0 Å². The molecule has 29 heavy (non-hydrogen) atoms. The highest BCUT2D eigenvalue weighted by molar-refractivity contribution is 7.92. The second-order valence-electron chi connectivity index (χ2n) is 6.55. The topological polar surface area (TPSA) is 117 Å². The van der Waals surface area contributed by atoms with Gasteiger partial charge in [-0.25, -0.2) is 13.4 Å². The number of hydrogen-bond acceptors (Lipinski definition) is 7. The van der Waals surface area contributed by atoms with Crippen LogP contribution >= 0.6 is 11.3 Å². The minimum Gasteiger partial charge on any atom is -0.302 e. The molecule has 154 valence electrons. The molecule has 3 amide bonds. The van der Waals surface area contributed by atoms with E-state index in [2.05, 4.69) is 10.3 Å². The van der Waals surface area contributed by atoms with Crippen LogP contribution in [0.4, 0.5) is 10.8 Å². The first-order valence-electron chi connectivity index (χ1n) is 8.78. The summed E-state index contributed by atoms with van der Waals surface area (Å²) in [5, 5.41) is 4.85. The summed E-state index contributed by atoms with van der Waals surface area (Å²) in [6.45, 7) is 0.0665. The normalized spacial score (nSPS) is 14.3. The molecule has 1 saturated heterocycles. The van der Waals surface area contributed by atoms with E-state index in [1.54, 1.807) is 29.6 Å². The Hall–Kier alpha value is -2.79. The van der Waals surface area contributed by atoms with Crippen molar-refractivity contribution in [2.45, 2.75) is 19.3 Å². The number of benzene rings is 1. The Morgan fingerprint density at radius 2 is 1.83 bits per heavy atom. The summed E-state index contributed by atoms with van der Waals surface area (Å²) in [5.74, 6) is -0.822. The van der Waals surface area contributed by atoms with Gasteiger partial charge in [0.1, 0.15) is 0 Å². The molecule has 1 aliphatic heterocycles. The molecule has 9 nitrogen and oxygen atoms in total. The lowest BCUT2D eigenvalue weighted by Gasteiger charge is -2.16. The number of anilines is 2. The van der Waals surface area contributed by atoms with Gasteiger partial charge in [0.05, 0.1) is 17.6 Å². The molecule has 1 aromatic carbocycles. The first-order valence-corrected chi connectivity index (χ1v) is 11.5. The van der Waals surface area contributed by atoms with Crippen molar-refractivity contribution in [3.05, 3.63) is 29.6 Å². The first kappa shape index (κ1) is 20.9. The van der Waals surface area contributed by atoms with Gasteiger partial charge in [-0.05, 0) is 12.1 Å². The largest absolute Gasteiger partial charge is 0.302 e. The SMILES string of the molecule is CN(c1ccc(-c2csc(NC(=O)CCN3C(=O)CCC3=O)n2)cc1)S(C)(=O)=O. The Balaban J connectivity index is 1.59. The van der Waals surface area contributed by atoms with E-state index in [0.717, 1.165) is 16.7 Å². The molecule has 0 aliphatic carbocycles. The molecule has 11 heteroatoms. The Morgan fingerprint density at radius 3 is 2.41 bits per heavy atom. The van der Waals surface area contributed by atoms with Crippen molar-refractivity contribution in [1.82, 2.24) is 9.88 Å². The van der Waals surface area contributed by atoms with Gasteiger partial charge in [-0.3, -0.25) is 23.6 Å². The maximum Gasteiger partial charge on any atom is 0.231 e. The molecule has 1 aromatic heterocycles. The molecule has 1 aliphatic rings. The van der Waals surface area contributed by atoms with Gasteiger partial charge >= 0.3 is 0 Å². The summed E-state index contributed by atoms with van der Waals surface area (Å²) in [6, 6.07) is 6.86. The van der Waals surface area contributed by atoms with Crippen LogP contribution in [-0.2, 0) is 24.4 Å². The number of hydrogen-bond donors (Lipinski definition) is 1. The fourth-order valence-electron chi connectivity index (χ4n) is 2.76. The van der Waals surface area contributed by atoms with Crippen LogP contribution in [0.15, 0.2) is 29.6 Å². The van der Waals surface area contributed by atoms with E-state index in [4.69, 9.17) is 0 Å². The Labute approximate surface area is 172 Å². The van der Waals surface area contributed by atoms with Gasteiger partial charge in [-0.2, -0.15) is 0 Å². The number of amides is 3. The highest BCUT2D eigenvalue weighted by Gasteiger charge is 2.28. The molecular formula is C18H20N4O5S2. The standard InChI is InChI=1S/C18H20N4O5S2/c1-21(29(2,26)27)13-5-3-12(4-6-13)14-11-28-18(19-14)20-15(23)9-10-22-16(24)7-8-17(22)25/h3-6,11H,7-10H2,1-2H3,(H,19,20,23). The molecule has 0 spiro atoms. The van der Waals surface area contributed by atoms with E-state index in [1.165, 1.54) is 22.7 Å². The van der Waals surface area contributed by atoms with E-state index < -0.39 is 10.0 Å². The molecule has 1 fully saturated rings. The number of nitrogens with one attached hydrogen (secondary N) is 1. The van der Waals surface area contributed by atoms with Crippen molar-refractivity contribution in [2.75, 3.05) is 29.5 Å². The molecule has 0 bridgehead atoms. The van der Waals surface area contributed by atoms with Gasteiger partial charge in [0.2, 0.25) is 27.7 Å². The number of imide groups is 1. The average Bonchev–Trinajstić information content (AvgIpc) is 3.25. The average molecular weight is 437 g/mol. The van der Waals surface area contributed by atoms with Crippen molar-refractivity contribution in [3.63, 3.8) is 0 Å². The van der Waals surface area contributed by atoms with Crippen molar-refractivity contribution in [1.29, 1.82) is 0 Å². The van der Waals surface area contributed by atoms with Crippen molar-refractivity contribution in [2.24, 2.45) is 0 Å². The summed E-state index contributed by atoms with van der Waals surface area (Å²) in [5.41, 5.74) is 1.95. The highest BCUT2D eigenvalue weighted by Crippen LogP contribution is 2.27. The molecule has 0 saturated carbocycles. The molecule has 0 unspecified atom stereocenters. The number of rotatable bonds is 7. The first-order chi connectivity index (χ1) is 13.6. The number of likely N-dealkylation sites (tertiary alicyclic amines) is 1. The number of nitrogens with zero attached hydrogens (tertiary/aromatic N) is 3. The van der Waals surface area contributed by atoms with Crippen molar-refractivity contribution in [3.8, 4) is 11.3 Å². The van der Waals surface area contributed by atoms with Gasteiger partial charge in [-0.15, -0.1) is 11.3 Å². The fraction of sp³-hybridized carbons (Fsp3) is 0.333. The van der Waals surface area contributed by atoms with Crippen LogP contribution in [0.5, 0.6) is 0 Å². The van der Waals surface area contributed by atoms with E-state index in [1.807, 2.05) is 0 Å². The van der Waals surface area contributed by atoms with Gasteiger partial charge in [-0.1, -0.05) is 12.1 Å². The lowest BCUT2D eigenvalue weighted by molar-refractivity contribution is -0.138. The summed E-state index contributed by atoms with van der Waals surface area (Å²) in [7, 11) is -1.86. The third-order valence-corrected chi connectivity index (χ3v) is 6.46. The van der Waals surface area contributed by atoms with E-state index in [0.29, 0.717) is 16.5 Å². The van der Waals surface area contributed by atoms with Crippen LogP contribution in [0.2, 0.25) is 0 Å². The lowest BCUT2D eigenvalue weighted by Crippen LogP contribution is -2.32.